The van der Waals surface area contributed by atoms with E-state index in [0.29, 0.717) is 19.0 Å². The monoisotopic (exact) mass is 1530 g/mol. The SMILES string of the molecule is O=S(=O)(CCNC[C@H]1O[C@@H]2O[C@H]3[C@H](O)[C@@H](O)[C@@H](O[C@H]4[C@H](O)[C@@H](O)[C@@H](O[C@H]5[C@H](O)[C@@H](O)[C@@H](O[C@H]6[C@H](O)[C@@H](O)[C@@H](O[C@H]7[C@H](O)[C@@H](O)[C@@H](O[C@H]8[C@H](O)[C@@H](O)[C@@H](O[C@H]1[C@H](O)[C@H]2O)O[C@@H]8CO)O[C@@H]7CO)O[C@@H]6CO)O[C@@H]5CO)O[C@@H]4CO)O[C@@H]3CO)CCSCCOC[C]1[CH][CH][CH][CH]1.[CH]1[CH][CH][CH][CH]1.[Fe+2]. The molecule has 0 spiro atoms. The van der Waals surface area contributed by atoms with E-state index in [4.69, 9.17) is 71.1 Å². The number of aliphatic hydroxyl groups is 20. The molecule has 2 saturated carbocycles. The van der Waals surface area contributed by atoms with Crippen molar-refractivity contribution in [3.8, 4) is 0 Å². The maximum Gasteiger partial charge on any atom is 2.00 e. The number of aliphatic hydroxyl groups excluding tert-OH is 20. The van der Waals surface area contributed by atoms with Crippen molar-refractivity contribution in [3.05, 3.63) is 63.7 Å². The second-order valence-electron chi connectivity index (χ2n) is 24.7. The second kappa shape index (κ2) is 39.7. The van der Waals surface area contributed by atoms with E-state index in [1.165, 1.54) is 11.8 Å². The summed E-state index contributed by atoms with van der Waals surface area (Å²) >= 11 is 1.35. The first-order valence-electron chi connectivity index (χ1n) is 32.2. The molecule has 0 unspecified atom stereocenters. The average Bonchev–Trinajstić information content (AvgIpc) is 1.15. The summed E-state index contributed by atoms with van der Waals surface area (Å²) in [6.07, 6.45) is -53.7. The number of hydrogen-bond donors (Lipinski definition) is 21. The van der Waals surface area contributed by atoms with Crippen LogP contribution in [0.2, 0.25) is 0 Å². The molecule has 21 aliphatic heterocycles. The predicted octanol–water partition coefficient (Wildman–Crippen LogP) is -13.0. The van der Waals surface area contributed by atoms with Gasteiger partial charge in [0.05, 0.1) is 64.4 Å². The molecule has 41 heteroatoms. The van der Waals surface area contributed by atoms with Crippen molar-refractivity contribution in [1.29, 1.82) is 0 Å². The van der Waals surface area contributed by atoms with Gasteiger partial charge in [0.1, 0.15) is 171 Å². The number of ether oxygens (including phenoxy) is 15. The van der Waals surface area contributed by atoms with Crippen molar-refractivity contribution in [2.45, 2.75) is 215 Å². The van der Waals surface area contributed by atoms with Gasteiger partial charge in [-0.15, -0.1) is 0 Å². The molecule has 0 aromatic heterocycles. The summed E-state index contributed by atoms with van der Waals surface area (Å²) in [6.45, 7) is -6.40. The van der Waals surface area contributed by atoms with E-state index in [-0.39, 0.29) is 35.1 Å². The smallest absolute Gasteiger partial charge is 0.394 e. The van der Waals surface area contributed by atoms with E-state index in [1.807, 2.05) is 57.8 Å². The molecule has 35 atom stereocenters. The molecular weight excluding hydrogens is 1430 g/mol. The fourth-order valence-corrected chi connectivity index (χ4v) is 15.0. The molecule has 21 heterocycles. The predicted molar refractivity (Wildman–Crippen MR) is 323 cm³/mol. The summed E-state index contributed by atoms with van der Waals surface area (Å²) in [6, 6.07) is 0. The minimum atomic E-state index is -3.72. The Bertz CT molecular complexity index is 2460. The third-order valence-electron chi connectivity index (χ3n) is 18.0. The molecular formula is C59H93FeNO37S2+2. The molecule has 2 aliphatic carbocycles. The number of sulfone groups is 1. The molecule has 23 rings (SSSR count). The van der Waals surface area contributed by atoms with Gasteiger partial charge in [0.2, 0.25) is 0 Å². The van der Waals surface area contributed by atoms with Crippen LogP contribution in [0.15, 0.2) is 0 Å². The molecule has 23 fully saturated rings. The summed E-state index contributed by atoms with van der Waals surface area (Å²) in [5, 5.41) is 227. The van der Waals surface area contributed by atoms with Gasteiger partial charge in [-0.3, -0.25) is 0 Å². The standard InChI is InChI=1S/C54H88NO37S2.C5H5.Fe/c56-12-21-42-29(64)36(71)50(81-21)89-44-23(14-58)83-52(38(73)31(44)66)91-46-25(16-60)85-54(40(75)33(46)68)92-47-26(17-61)84-53(39(74)32(47)67)90-45-24(15-59)82-51(37(72)30(45)65)88-43-22(13-57)80-49(35(70)28(43)63)86-41-20(79-48(87-42)34(69)27(41)62)11-55-5-9-94(76,77)10-8-93-7-6-78-18-19-3-1-2-4-19;1-2-4-5-3-1;/h1-4,20-75H,5-18H2;1-5H;/q;;+2/t20-,21-,22-,23-,24-,25-,26-,27-,28-,29-,30-,31-,32-,33-,34-,35-,36-,37-,38-,39-,40-,41-,42-,43-,44-,45-,46-,47-,48-,49-,50-,51-,52-,53-,54-;;/m1../s1. The van der Waals surface area contributed by atoms with Gasteiger partial charge in [-0.25, -0.2) is 8.42 Å². The third kappa shape index (κ3) is 20.4. The maximum atomic E-state index is 13.2. The van der Waals surface area contributed by atoms with Gasteiger partial charge in [0.15, 0.2) is 53.9 Å². The molecule has 574 valence electrons. The van der Waals surface area contributed by atoms with Crippen LogP contribution in [0, 0.1) is 63.7 Å². The first-order valence-corrected chi connectivity index (χ1v) is 35.1. The Morgan fingerprint density at radius 3 is 0.850 bits per heavy atom. The van der Waals surface area contributed by atoms with E-state index in [1.54, 1.807) is 0 Å². The van der Waals surface area contributed by atoms with Crippen LogP contribution < -0.4 is 5.32 Å². The number of rotatable bonds is 19. The number of thioether (sulfide) groups is 1. The summed E-state index contributed by atoms with van der Waals surface area (Å²) in [5.74, 6) is 1.07. The van der Waals surface area contributed by atoms with Crippen LogP contribution in [0.25, 0.3) is 0 Å². The third-order valence-corrected chi connectivity index (χ3v) is 20.9. The van der Waals surface area contributed by atoms with Crippen LogP contribution >= 0.6 is 11.8 Å². The molecule has 21 N–H and O–H groups in total. The van der Waals surface area contributed by atoms with E-state index in [2.05, 4.69) is 5.32 Å². The summed E-state index contributed by atoms with van der Waals surface area (Å²) in [4.78, 5) is 0. The largest absolute Gasteiger partial charge is 2.00 e. The fraction of sp³-hybridized carbons (Fsp3) is 0.831. The molecule has 0 aromatic carbocycles. The van der Waals surface area contributed by atoms with Gasteiger partial charge >= 0.3 is 17.1 Å². The zero-order chi connectivity index (χ0) is 71.6. The molecule has 14 bridgehead atoms. The van der Waals surface area contributed by atoms with Gasteiger partial charge in [0.25, 0.3) is 0 Å². The Balaban J connectivity index is 0.00000203. The van der Waals surface area contributed by atoms with Crippen LogP contribution in [-0.4, -0.2) is 414 Å². The average molecular weight is 1530 g/mol. The van der Waals surface area contributed by atoms with E-state index >= 15 is 0 Å². The normalized spacial score (nSPS) is 47.0. The Morgan fingerprint density at radius 1 is 0.340 bits per heavy atom. The fourth-order valence-electron chi connectivity index (χ4n) is 12.4. The Morgan fingerprint density at radius 2 is 0.590 bits per heavy atom. The van der Waals surface area contributed by atoms with Crippen LogP contribution in [0.4, 0.5) is 0 Å². The van der Waals surface area contributed by atoms with Crippen molar-refractivity contribution in [2.75, 3.05) is 89.0 Å². The Kier molecular flexibility index (Phi) is 33.7. The zero-order valence-electron chi connectivity index (χ0n) is 53.4. The molecule has 10 radical (unpaired) electrons. The van der Waals surface area contributed by atoms with E-state index in [9.17, 15) is 111 Å². The summed E-state index contributed by atoms with van der Waals surface area (Å²) in [5.41, 5.74) is 0. The molecule has 21 saturated heterocycles. The van der Waals surface area contributed by atoms with Crippen LogP contribution in [0.1, 0.15) is 0 Å². The maximum absolute atomic E-state index is 13.2. The van der Waals surface area contributed by atoms with Crippen molar-refractivity contribution < 1.29 is 199 Å². The minimum absolute atomic E-state index is 0. The molecule has 0 amide bonds. The van der Waals surface area contributed by atoms with Crippen LogP contribution in [-0.2, 0) is 98.0 Å². The Labute approximate surface area is 590 Å². The molecule has 23 aliphatic rings. The second-order valence-corrected chi connectivity index (χ2v) is 28.3. The van der Waals surface area contributed by atoms with Crippen LogP contribution in [0.5, 0.6) is 0 Å². The van der Waals surface area contributed by atoms with Crippen molar-refractivity contribution in [3.63, 3.8) is 0 Å². The molecule has 38 nitrogen and oxygen atoms in total. The number of hydrogen-bond acceptors (Lipinski definition) is 39. The van der Waals surface area contributed by atoms with Gasteiger partial charge in [-0.2, -0.15) is 11.8 Å². The zero-order valence-corrected chi connectivity index (χ0v) is 56.1. The first kappa shape index (κ1) is 85.0. The van der Waals surface area contributed by atoms with E-state index < -0.39 is 277 Å². The van der Waals surface area contributed by atoms with Crippen LogP contribution in [0.3, 0.4) is 0 Å². The van der Waals surface area contributed by atoms with E-state index in [0.717, 1.165) is 5.92 Å². The van der Waals surface area contributed by atoms with Crippen molar-refractivity contribution in [1.82, 2.24) is 5.32 Å². The Hall–Kier alpha value is -0.621. The van der Waals surface area contributed by atoms with Gasteiger partial charge < -0.3 is 179 Å². The van der Waals surface area contributed by atoms with Gasteiger partial charge in [-0.05, 0) is 57.8 Å². The van der Waals surface area contributed by atoms with Gasteiger partial charge in [-0.1, -0.05) is 0 Å². The summed E-state index contributed by atoms with van der Waals surface area (Å²) in [7, 11) is -3.72. The molecule has 0 aromatic rings. The van der Waals surface area contributed by atoms with Crippen molar-refractivity contribution in [2.24, 2.45) is 0 Å². The summed E-state index contributed by atoms with van der Waals surface area (Å²) < 4.78 is 113. The number of nitrogens with one attached hydrogen (secondary N) is 1. The van der Waals surface area contributed by atoms with Gasteiger partial charge in [0, 0.05) is 30.5 Å². The topological polar surface area (TPSA) is 589 Å². The minimum Gasteiger partial charge on any atom is -0.394 e. The first-order chi connectivity index (χ1) is 47.4. The molecule has 100 heavy (non-hydrogen) atoms. The van der Waals surface area contributed by atoms with Crippen molar-refractivity contribution >= 4 is 21.6 Å². The quantitative estimate of drug-likeness (QED) is 0.0422.